The first-order chi connectivity index (χ1) is 15.1. The number of hydrogen-bond donors (Lipinski definition) is 1. The lowest BCUT2D eigenvalue weighted by molar-refractivity contribution is -0.275. The van der Waals surface area contributed by atoms with E-state index in [1.54, 1.807) is 31.3 Å². The highest BCUT2D eigenvalue weighted by molar-refractivity contribution is 6.34. The molecule has 1 atom stereocenters. The molecule has 0 saturated heterocycles. The number of aryl methyl sites for hydroxylation is 1. The molecule has 6 nitrogen and oxygen atoms in total. The van der Waals surface area contributed by atoms with Crippen LogP contribution >= 0.6 is 23.2 Å². The molecule has 0 fully saturated rings. The van der Waals surface area contributed by atoms with Gasteiger partial charge in [-0.25, -0.2) is 0 Å². The van der Waals surface area contributed by atoms with Gasteiger partial charge >= 0.3 is 6.18 Å². The van der Waals surface area contributed by atoms with Gasteiger partial charge in [-0.1, -0.05) is 40.5 Å². The molecule has 3 aromatic rings. The lowest BCUT2D eigenvalue weighted by Crippen LogP contribution is -2.42. The van der Waals surface area contributed by atoms with Gasteiger partial charge in [0.15, 0.2) is 0 Å². The summed E-state index contributed by atoms with van der Waals surface area (Å²) in [6.07, 6.45) is -3.89. The molecule has 0 saturated carbocycles. The van der Waals surface area contributed by atoms with Gasteiger partial charge in [0, 0.05) is 46.3 Å². The summed E-state index contributed by atoms with van der Waals surface area (Å²) < 4.78 is 43.9. The SMILES string of the molecule is Cn1nccc1NC(=O)c1cccc(C2=NOC(c3cc(Cl)cc(Cl)c3)(C(F)(F)F)C2)c1. The second kappa shape index (κ2) is 8.14. The number of anilines is 1. The van der Waals surface area contributed by atoms with Gasteiger partial charge in [0.25, 0.3) is 11.5 Å². The second-order valence-electron chi connectivity index (χ2n) is 7.16. The number of hydrogen-bond acceptors (Lipinski definition) is 4. The standard InChI is InChI=1S/C21H15Cl2F3N4O2/c1-30-18(5-6-27-30)28-19(31)13-4-2-3-12(7-13)17-11-20(32-29-17,21(24,25)26)14-8-15(22)10-16(23)9-14/h2-10H,11H2,1H3,(H,28,31). The monoisotopic (exact) mass is 482 g/mol. The van der Waals surface area contributed by atoms with Crippen LogP contribution in [0.25, 0.3) is 0 Å². The maximum Gasteiger partial charge on any atom is 0.435 e. The zero-order valence-electron chi connectivity index (χ0n) is 16.5. The average Bonchev–Trinajstić information content (AvgIpc) is 3.35. The van der Waals surface area contributed by atoms with Crippen molar-refractivity contribution in [3.8, 4) is 0 Å². The van der Waals surface area contributed by atoms with Crippen molar-refractivity contribution in [1.29, 1.82) is 0 Å². The van der Waals surface area contributed by atoms with Crippen LogP contribution in [0.1, 0.15) is 27.9 Å². The predicted molar refractivity (Wildman–Crippen MR) is 114 cm³/mol. The molecule has 1 aromatic heterocycles. The van der Waals surface area contributed by atoms with E-state index in [2.05, 4.69) is 15.6 Å². The summed E-state index contributed by atoms with van der Waals surface area (Å²) >= 11 is 11.8. The van der Waals surface area contributed by atoms with Crippen molar-refractivity contribution in [2.75, 3.05) is 5.32 Å². The molecule has 1 N–H and O–H groups in total. The van der Waals surface area contributed by atoms with Gasteiger partial charge in [-0.3, -0.25) is 9.48 Å². The maximum absolute atomic E-state index is 14.2. The Morgan fingerprint density at radius 1 is 1.16 bits per heavy atom. The molecule has 1 unspecified atom stereocenters. The van der Waals surface area contributed by atoms with Crippen LogP contribution in [0.3, 0.4) is 0 Å². The first-order valence-corrected chi connectivity index (χ1v) is 10.0. The fourth-order valence-electron chi connectivity index (χ4n) is 3.37. The van der Waals surface area contributed by atoms with Crippen LogP contribution in [0.15, 0.2) is 59.9 Å². The summed E-state index contributed by atoms with van der Waals surface area (Å²) in [5, 5.41) is 10.5. The third kappa shape index (κ3) is 4.05. The van der Waals surface area contributed by atoms with Crippen LogP contribution in [-0.4, -0.2) is 27.6 Å². The van der Waals surface area contributed by atoms with Crippen molar-refractivity contribution in [3.05, 3.63) is 81.5 Å². The molecule has 1 aliphatic rings. The number of amides is 1. The molecule has 166 valence electrons. The van der Waals surface area contributed by atoms with E-state index in [0.717, 1.165) is 12.1 Å². The van der Waals surface area contributed by atoms with Crippen molar-refractivity contribution in [2.45, 2.75) is 18.2 Å². The number of oxime groups is 1. The maximum atomic E-state index is 14.2. The Balaban J connectivity index is 1.63. The van der Waals surface area contributed by atoms with E-state index in [-0.39, 0.29) is 26.9 Å². The van der Waals surface area contributed by atoms with E-state index < -0.39 is 24.1 Å². The van der Waals surface area contributed by atoms with Crippen LogP contribution in [0.5, 0.6) is 0 Å². The van der Waals surface area contributed by atoms with Crippen LogP contribution in [0.2, 0.25) is 10.0 Å². The Labute approximate surface area is 190 Å². The van der Waals surface area contributed by atoms with Crippen molar-refractivity contribution < 1.29 is 22.8 Å². The Kier molecular flexibility index (Phi) is 5.64. The van der Waals surface area contributed by atoms with Crippen molar-refractivity contribution in [2.24, 2.45) is 12.2 Å². The van der Waals surface area contributed by atoms with Gasteiger partial charge in [0.2, 0.25) is 0 Å². The minimum atomic E-state index is -4.80. The molecule has 32 heavy (non-hydrogen) atoms. The smallest absolute Gasteiger partial charge is 0.374 e. The van der Waals surface area contributed by atoms with Gasteiger partial charge in [-0.05, 0) is 30.3 Å². The van der Waals surface area contributed by atoms with Gasteiger partial charge < -0.3 is 10.2 Å². The van der Waals surface area contributed by atoms with E-state index in [1.165, 1.54) is 23.0 Å². The molecule has 2 aromatic carbocycles. The largest absolute Gasteiger partial charge is 0.435 e. The number of alkyl halides is 3. The zero-order valence-corrected chi connectivity index (χ0v) is 18.0. The van der Waals surface area contributed by atoms with Crippen LogP contribution in [0, 0.1) is 0 Å². The summed E-state index contributed by atoms with van der Waals surface area (Å²) in [5.74, 6) is 0.0227. The Morgan fingerprint density at radius 3 is 2.50 bits per heavy atom. The number of halogens is 5. The van der Waals surface area contributed by atoms with Crippen molar-refractivity contribution in [1.82, 2.24) is 9.78 Å². The lowest BCUT2D eigenvalue weighted by Gasteiger charge is -2.29. The third-order valence-corrected chi connectivity index (χ3v) is 5.47. The van der Waals surface area contributed by atoms with Crippen LogP contribution < -0.4 is 5.32 Å². The molecule has 2 heterocycles. The van der Waals surface area contributed by atoms with Gasteiger partial charge in [-0.15, -0.1) is 0 Å². The molecular formula is C21H15Cl2F3N4O2. The van der Waals surface area contributed by atoms with Gasteiger partial charge in [-0.2, -0.15) is 18.3 Å². The summed E-state index contributed by atoms with van der Waals surface area (Å²) in [6, 6.07) is 11.3. The molecule has 0 spiro atoms. The number of nitrogens with one attached hydrogen (secondary N) is 1. The molecule has 4 rings (SSSR count). The number of carbonyl (C=O) groups excluding carboxylic acids is 1. The fraction of sp³-hybridized carbons (Fsp3) is 0.190. The molecular weight excluding hydrogens is 468 g/mol. The van der Waals surface area contributed by atoms with Gasteiger partial charge in [0.1, 0.15) is 5.82 Å². The normalized spacial score (nSPS) is 18.2. The first kappa shape index (κ1) is 22.2. The highest BCUT2D eigenvalue weighted by atomic mass is 35.5. The van der Waals surface area contributed by atoms with E-state index >= 15 is 0 Å². The number of benzene rings is 2. The quantitative estimate of drug-likeness (QED) is 0.529. The highest BCUT2D eigenvalue weighted by Crippen LogP contribution is 2.49. The number of nitrogens with zero attached hydrogens (tertiary/aromatic N) is 3. The molecule has 0 radical (unpaired) electrons. The second-order valence-corrected chi connectivity index (χ2v) is 8.04. The van der Waals surface area contributed by atoms with Crippen LogP contribution in [0.4, 0.5) is 19.0 Å². The minimum Gasteiger partial charge on any atom is -0.374 e. The number of aromatic nitrogens is 2. The van der Waals surface area contributed by atoms with Gasteiger partial charge in [0.05, 0.1) is 11.9 Å². The third-order valence-electron chi connectivity index (χ3n) is 5.04. The lowest BCUT2D eigenvalue weighted by atomic mass is 9.86. The van der Waals surface area contributed by atoms with E-state index in [9.17, 15) is 18.0 Å². The van der Waals surface area contributed by atoms with Crippen molar-refractivity contribution in [3.63, 3.8) is 0 Å². The molecule has 0 aliphatic carbocycles. The Morgan fingerprint density at radius 2 is 1.88 bits per heavy atom. The topological polar surface area (TPSA) is 68.5 Å². The molecule has 11 heteroatoms. The highest BCUT2D eigenvalue weighted by Gasteiger charge is 2.62. The molecule has 1 aliphatic heterocycles. The Bertz CT molecular complexity index is 1210. The fourth-order valence-corrected chi connectivity index (χ4v) is 3.90. The first-order valence-electron chi connectivity index (χ1n) is 9.27. The zero-order chi connectivity index (χ0) is 23.1. The van der Waals surface area contributed by atoms with E-state index in [4.69, 9.17) is 28.0 Å². The Hall–Kier alpha value is -3.04. The molecule has 1 amide bonds. The van der Waals surface area contributed by atoms with Crippen LogP contribution in [-0.2, 0) is 17.5 Å². The van der Waals surface area contributed by atoms with E-state index in [0.29, 0.717) is 11.4 Å². The summed E-state index contributed by atoms with van der Waals surface area (Å²) in [7, 11) is 1.66. The number of rotatable bonds is 4. The number of carbonyl (C=O) groups is 1. The average molecular weight is 483 g/mol. The summed E-state index contributed by atoms with van der Waals surface area (Å²) in [5.41, 5.74) is -2.41. The summed E-state index contributed by atoms with van der Waals surface area (Å²) in [6.45, 7) is 0. The summed E-state index contributed by atoms with van der Waals surface area (Å²) in [4.78, 5) is 17.6. The van der Waals surface area contributed by atoms with Crippen molar-refractivity contribution >= 4 is 40.6 Å². The molecule has 0 bridgehead atoms. The minimum absolute atomic E-state index is 0.0357. The van der Waals surface area contributed by atoms with E-state index in [1.807, 2.05) is 0 Å². The predicted octanol–water partition coefficient (Wildman–Crippen LogP) is 5.56.